The zero-order valence-electron chi connectivity index (χ0n) is 16.6. The van der Waals surface area contributed by atoms with E-state index in [9.17, 15) is 0 Å². The van der Waals surface area contributed by atoms with Crippen molar-refractivity contribution in [3.63, 3.8) is 0 Å². The Bertz CT molecular complexity index is 527. The molecule has 6 nitrogen and oxygen atoms in total. The molecule has 6 heteroatoms. The van der Waals surface area contributed by atoms with Gasteiger partial charge >= 0.3 is 0 Å². The lowest BCUT2D eigenvalue weighted by molar-refractivity contribution is 0.171. The molecule has 142 valence electrons. The predicted octanol–water partition coefficient (Wildman–Crippen LogP) is 2.86. The Hall–Kier alpha value is -1.56. The summed E-state index contributed by atoms with van der Waals surface area (Å²) in [6.07, 6.45) is 6.81. The van der Waals surface area contributed by atoms with Crippen molar-refractivity contribution in [2.24, 2.45) is 10.9 Å². The molecule has 25 heavy (non-hydrogen) atoms. The number of hydrogen-bond donors (Lipinski definition) is 2. The van der Waals surface area contributed by atoms with Crippen molar-refractivity contribution in [3.05, 3.63) is 17.3 Å². The van der Waals surface area contributed by atoms with Crippen LogP contribution in [0, 0.1) is 19.8 Å². The van der Waals surface area contributed by atoms with Gasteiger partial charge in [0.15, 0.2) is 5.96 Å². The molecule has 0 amide bonds. The highest BCUT2D eigenvalue weighted by Crippen LogP contribution is 2.28. The highest BCUT2D eigenvalue weighted by molar-refractivity contribution is 5.79. The van der Waals surface area contributed by atoms with Crippen LogP contribution in [0.2, 0.25) is 0 Å². The summed E-state index contributed by atoms with van der Waals surface area (Å²) in [5.41, 5.74) is 0.938. The van der Waals surface area contributed by atoms with Crippen LogP contribution in [0.5, 0.6) is 0 Å². The monoisotopic (exact) mass is 349 g/mol. The molecule has 2 rings (SSSR count). The van der Waals surface area contributed by atoms with Gasteiger partial charge in [-0.2, -0.15) is 0 Å². The number of guanidine groups is 1. The van der Waals surface area contributed by atoms with Gasteiger partial charge in [-0.1, -0.05) is 19.3 Å². The molecule has 0 radical (unpaired) electrons. The fraction of sp³-hybridized carbons (Fsp3) is 0.789. The van der Waals surface area contributed by atoms with E-state index in [0.29, 0.717) is 18.5 Å². The van der Waals surface area contributed by atoms with Crippen LogP contribution in [0.3, 0.4) is 0 Å². The van der Waals surface area contributed by atoms with E-state index in [2.05, 4.69) is 46.5 Å². The fourth-order valence-electron chi connectivity index (χ4n) is 3.59. The number of rotatable bonds is 7. The van der Waals surface area contributed by atoms with E-state index in [1.807, 2.05) is 13.8 Å². The van der Waals surface area contributed by atoms with E-state index in [1.54, 1.807) is 0 Å². The smallest absolute Gasteiger partial charge is 0.216 e. The van der Waals surface area contributed by atoms with Crippen LogP contribution in [0.25, 0.3) is 0 Å². The molecule has 1 aliphatic rings. The number of likely N-dealkylation sites (N-methyl/N-ethyl adjacent to an activating group) is 1. The van der Waals surface area contributed by atoms with E-state index in [1.165, 1.54) is 32.1 Å². The fourth-order valence-corrected chi connectivity index (χ4v) is 3.59. The highest BCUT2D eigenvalue weighted by atomic mass is 16.4. The lowest BCUT2D eigenvalue weighted by Crippen LogP contribution is -2.48. The maximum atomic E-state index is 5.62. The second-order valence-corrected chi connectivity index (χ2v) is 7.25. The van der Waals surface area contributed by atoms with Gasteiger partial charge in [0.05, 0.1) is 5.69 Å². The lowest BCUT2D eigenvalue weighted by Gasteiger charge is -2.35. The maximum absolute atomic E-state index is 5.62. The quantitative estimate of drug-likeness (QED) is 0.585. The third kappa shape index (κ3) is 6.03. The number of nitrogens with one attached hydrogen (secondary N) is 2. The Morgan fingerprint density at radius 3 is 2.52 bits per heavy atom. The molecule has 0 bridgehead atoms. The van der Waals surface area contributed by atoms with E-state index < -0.39 is 0 Å². The zero-order valence-corrected chi connectivity index (χ0v) is 16.6. The Kier molecular flexibility index (Phi) is 7.75. The first-order valence-electron chi connectivity index (χ1n) is 9.62. The van der Waals surface area contributed by atoms with Crippen LogP contribution in [0.1, 0.15) is 56.4 Å². The van der Waals surface area contributed by atoms with Crippen LogP contribution in [0.15, 0.2) is 9.41 Å². The number of hydrogen-bond acceptors (Lipinski definition) is 4. The van der Waals surface area contributed by atoms with Crippen LogP contribution >= 0.6 is 0 Å². The van der Waals surface area contributed by atoms with Crippen molar-refractivity contribution in [2.75, 3.05) is 27.2 Å². The molecule has 1 unspecified atom stereocenters. The molecule has 1 aliphatic carbocycles. The summed E-state index contributed by atoms with van der Waals surface area (Å²) in [5.74, 6) is 3.15. The molecule has 1 heterocycles. The summed E-state index contributed by atoms with van der Waals surface area (Å²) in [4.78, 5) is 11.4. The predicted molar refractivity (Wildman–Crippen MR) is 103 cm³/mol. The van der Waals surface area contributed by atoms with Crippen LogP contribution in [-0.4, -0.2) is 49.1 Å². The Labute approximate surface area is 152 Å². The second-order valence-electron chi connectivity index (χ2n) is 7.25. The topological polar surface area (TPSA) is 65.7 Å². The van der Waals surface area contributed by atoms with Crippen molar-refractivity contribution >= 4 is 5.96 Å². The standard InChI is InChI=1S/C19H35N5O/c1-6-20-19(22-13-18-23-14(2)15(3)25-18)21-12-17(24(4)5)16-10-8-7-9-11-16/h16-17H,6-13H2,1-5H3,(H2,20,21,22). The molecule has 1 aromatic rings. The van der Waals surface area contributed by atoms with Gasteiger partial charge in [0.25, 0.3) is 0 Å². The Morgan fingerprint density at radius 1 is 1.24 bits per heavy atom. The minimum atomic E-state index is 0.458. The van der Waals surface area contributed by atoms with Gasteiger partial charge in [0, 0.05) is 19.1 Å². The number of aromatic nitrogens is 1. The summed E-state index contributed by atoms with van der Waals surface area (Å²) in [5, 5.41) is 6.84. The van der Waals surface area contributed by atoms with Gasteiger partial charge in [-0.25, -0.2) is 9.98 Å². The average molecular weight is 350 g/mol. The van der Waals surface area contributed by atoms with E-state index in [0.717, 1.165) is 36.4 Å². The molecule has 1 saturated carbocycles. The van der Waals surface area contributed by atoms with Crippen molar-refractivity contribution in [1.82, 2.24) is 20.5 Å². The lowest BCUT2D eigenvalue weighted by atomic mass is 9.83. The minimum absolute atomic E-state index is 0.458. The summed E-state index contributed by atoms with van der Waals surface area (Å²) < 4.78 is 5.62. The van der Waals surface area contributed by atoms with Gasteiger partial charge in [-0.15, -0.1) is 0 Å². The molecule has 0 spiro atoms. The number of nitrogens with zero attached hydrogens (tertiary/aromatic N) is 3. The van der Waals surface area contributed by atoms with Gasteiger partial charge in [0.2, 0.25) is 5.89 Å². The van der Waals surface area contributed by atoms with Gasteiger partial charge in [-0.3, -0.25) is 0 Å². The first-order chi connectivity index (χ1) is 12.0. The van der Waals surface area contributed by atoms with Crippen molar-refractivity contribution < 1.29 is 4.42 Å². The molecular formula is C19H35N5O. The van der Waals surface area contributed by atoms with Gasteiger partial charge < -0.3 is 20.0 Å². The van der Waals surface area contributed by atoms with E-state index in [4.69, 9.17) is 4.42 Å². The third-order valence-electron chi connectivity index (χ3n) is 5.13. The molecule has 1 fully saturated rings. The first-order valence-corrected chi connectivity index (χ1v) is 9.62. The Balaban J connectivity index is 1.95. The van der Waals surface area contributed by atoms with Crippen LogP contribution in [0.4, 0.5) is 0 Å². The largest absolute Gasteiger partial charge is 0.444 e. The van der Waals surface area contributed by atoms with E-state index in [-0.39, 0.29) is 0 Å². The number of aryl methyl sites for hydroxylation is 2. The molecule has 0 saturated heterocycles. The molecule has 1 atom stereocenters. The zero-order chi connectivity index (χ0) is 18.2. The number of aliphatic imine (C=N–C) groups is 1. The van der Waals surface area contributed by atoms with Crippen molar-refractivity contribution in [1.29, 1.82) is 0 Å². The molecule has 2 N–H and O–H groups in total. The molecule has 0 aliphatic heterocycles. The van der Waals surface area contributed by atoms with Gasteiger partial charge in [0.1, 0.15) is 12.3 Å². The van der Waals surface area contributed by atoms with Crippen molar-refractivity contribution in [2.45, 2.75) is 65.5 Å². The number of oxazole rings is 1. The average Bonchev–Trinajstić information content (AvgIpc) is 2.91. The minimum Gasteiger partial charge on any atom is -0.444 e. The van der Waals surface area contributed by atoms with Gasteiger partial charge in [-0.05, 0) is 53.6 Å². The maximum Gasteiger partial charge on any atom is 0.216 e. The normalized spacial score (nSPS) is 17.8. The summed E-state index contributed by atoms with van der Waals surface area (Å²) in [6.45, 7) is 8.19. The Morgan fingerprint density at radius 2 is 1.96 bits per heavy atom. The van der Waals surface area contributed by atoms with Crippen molar-refractivity contribution in [3.8, 4) is 0 Å². The molecular weight excluding hydrogens is 314 g/mol. The highest BCUT2D eigenvalue weighted by Gasteiger charge is 2.25. The summed E-state index contributed by atoms with van der Waals surface area (Å²) in [7, 11) is 4.37. The van der Waals surface area contributed by atoms with Crippen LogP contribution in [-0.2, 0) is 6.54 Å². The summed E-state index contributed by atoms with van der Waals surface area (Å²) in [6, 6.07) is 0.537. The van der Waals surface area contributed by atoms with E-state index >= 15 is 0 Å². The summed E-state index contributed by atoms with van der Waals surface area (Å²) >= 11 is 0. The SMILES string of the molecule is CCNC(=NCc1nc(C)c(C)o1)NCC(C1CCCCC1)N(C)C. The molecule has 0 aromatic carbocycles. The van der Waals surface area contributed by atoms with Crippen LogP contribution < -0.4 is 10.6 Å². The molecule has 1 aromatic heterocycles. The third-order valence-corrected chi connectivity index (χ3v) is 5.13. The first kappa shape index (κ1) is 19.8. The second kappa shape index (κ2) is 9.80.